The Hall–Kier alpha value is -11.1. The zero-order valence-corrected chi connectivity index (χ0v) is 60.1. The number of phenols is 1. The molecule has 29 N–H and O–H groups in total. The van der Waals surface area contributed by atoms with Crippen LogP contribution >= 0.6 is 11.8 Å². The Kier molecular flexibility index (Phi) is 37.8. The minimum atomic E-state index is -1.93. The van der Waals surface area contributed by atoms with E-state index in [-0.39, 0.29) is 157 Å². The number of guanidine groups is 3. The highest BCUT2D eigenvalue weighted by molar-refractivity contribution is 8.00. The van der Waals surface area contributed by atoms with Crippen LogP contribution in [-0.4, -0.2) is 238 Å². The standard InChI is InChI=1S/C65H102N24O16S/c1-35(2)27-43-57(100)83-41(14-8-24-76-64(70)71)56(99)87-45(29-37-11-4-6-22-74-37)59(102)85-42(15-9-25-77-65(72)73)62(105)89-26-10-16-48(89)61(104)84-40(12-3-5-21-66)55(98)88-46(30-52(94)95)60(103)82-39(13-7-23-75-63(68)69)54(97)79-31-49(91)78-32-50(92)81-47(53(67)96)33-106-34-51(93)80-44(58(101)86-43)28-36-17-19-38(90)20-18-36/h4,6,11,17-20,22,35,39-48,90H,3,5,7-10,12-16,21,23-34,66H2,1-2H3,(H2,67,96)(H,78,91)(H,79,97)(H,80,93)(H,81,92)(H,82,103)(H,83,100)(H,84,104)(H,85,102)(H,86,101)(H,87,99)(H,88,98)(H,94,95)(H4,68,69,75)(H4,70,71,76)(H4,72,73,77)/t39-,40-,41-,42-,43-,44-,45-,46-,47-,48-/m0/s1. The molecule has 0 spiro atoms. The molecule has 2 aliphatic rings. The fraction of sp³-hybridized carbons (Fsp3) is 0.569. The van der Waals surface area contributed by atoms with Crippen molar-refractivity contribution in [2.75, 3.05) is 57.3 Å². The maximum Gasteiger partial charge on any atom is 0.305 e. The number of carbonyl (C=O) groups is 14. The van der Waals surface area contributed by atoms with Crippen LogP contribution in [0.25, 0.3) is 0 Å². The molecule has 1 aromatic carbocycles. The Labute approximate surface area is 616 Å². The van der Waals surface area contributed by atoms with Crippen molar-refractivity contribution in [3.8, 4) is 5.75 Å². The van der Waals surface area contributed by atoms with Crippen molar-refractivity contribution in [1.29, 1.82) is 0 Å². The first-order valence-corrected chi connectivity index (χ1v) is 35.7. The van der Waals surface area contributed by atoms with Crippen molar-refractivity contribution < 1.29 is 77.3 Å². The maximum absolute atomic E-state index is 15.1. The van der Waals surface area contributed by atoms with Gasteiger partial charge >= 0.3 is 5.97 Å². The van der Waals surface area contributed by atoms with E-state index in [1.807, 2.05) is 0 Å². The quantitative estimate of drug-likeness (QED) is 0.0249. The van der Waals surface area contributed by atoms with Crippen LogP contribution in [0.2, 0.25) is 0 Å². The van der Waals surface area contributed by atoms with E-state index in [4.69, 9.17) is 45.9 Å². The molecule has 10 atom stereocenters. The van der Waals surface area contributed by atoms with Crippen molar-refractivity contribution in [3.63, 3.8) is 0 Å². The number of hydrogen-bond acceptors (Lipinski definition) is 21. The highest BCUT2D eigenvalue weighted by Gasteiger charge is 2.41. The number of nitrogens with zero attached hydrogens (tertiary/aromatic N) is 5. The second-order valence-electron chi connectivity index (χ2n) is 25.5. The van der Waals surface area contributed by atoms with E-state index < -0.39 is 168 Å². The average Bonchev–Trinajstić information content (AvgIpc) is 1.61. The lowest BCUT2D eigenvalue weighted by atomic mass is 10.00. The number of rotatable bonds is 25. The number of pyridine rings is 1. The third-order valence-electron chi connectivity index (χ3n) is 16.4. The molecule has 40 nitrogen and oxygen atoms in total. The topological polar surface area (TPSA) is 673 Å². The average molecular weight is 1510 g/mol. The number of carboxylic acid groups (broad SMARTS) is 1. The lowest BCUT2D eigenvalue weighted by Gasteiger charge is -2.31. The predicted molar refractivity (Wildman–Crippen MR) is 389 cm³/mol. The number of unbranched alkanes of at least 4 members (excludes halogenated alkanes) is 1. The molecule has 2 aliphatic heterocycles. The number of phenolic OH excluding ortho intramolecular Hbond substituents is 1. The number of primary amides is 1. The van der Waals surface area contributed by atoms with Gasteiger partial charge in [-0.05, 0) is 119 Å². The highest BCUT2D eigenvalue weighted by atomic mass is 32.2. The zero-order valence-electron chi connectivity index (χ0n) is 59.3. The number of aromatic hydroxyl groups is 1. The first-order valence-electron chi connectivity index (χ1n) is 34.5. The second kappa shape index (κ2) is 45.9. The molecule has 2 aromatic rings. The molecule has 0 aliphatic carbocycles. The summed E-state index contributed by atoms with van der Waals surface area (Å²) in [5.41, 5.74) is 45.6. The molecular formula is C65H102N24O16S. The fourth-order valence-electron chi connectivity index (χ4n) is 11.1. The van der Waals surface area contributed by atoms with Gasteiger partial charge in [0.15, 0.2) is 17.9 Å². The fourth-order valence-corrected chi connectivity index (χ4v) is 11.9. The van der Waals surface area contributed by atoms with E-state index in [2.05, 4.69) is 78.4 Å². The van der Waals surface area contributed by atoms with Crippen molar-refractivity contribution in [3.05, 3.63) is 59.9 Å². The Morgan fingerprint density at radius 3 is 1.58 bits per heavy atom. The van der Waals surface area contributed by atoms with Crippen molar-refractivity contribution in [1.82, 2.24) is 68.4 Å². The number of aromatic nitrogens is 1. The molecule has 584 valence electrons. The second-order valence-corrected chi connectivity index (χ2v) is 26.6. The summed E-state index contributed by atoms with van der Waals surface area (Å²) >= 11 is 0.807. The third-order valence-corrected chi connectivity index (χ3v) is 17.4. The van der Waals surface area contributed by atoms with Gasteiger partial charge in [-0.1, -0.05) is 32.0 Å². The van der Waals surface area contributed by atoms with Gasteiger partial charge in [-0.3, -0.25) is 87.1 Å². The minimum Gasteiger partial charge on any atom is -0.508 e. The lowest BCUT2D eigenvalue weighted by Crippen LogP contribution is -2.61. The first kappa shape index (κ1) is 87.3. The highest BCUT2D eigenvalue weighted by Crippen LogP contribution is 2.22. The van der Waals surface area contributed by atoms with Gasteiger partial charge in [-0.2, -0.15) is 0 Å². The molecule has 0 radical (unpaired) electrons. The molecule has 0 unspecified atom stereocenters. The summed E-state index contributed by atoms with van der Waals surface area (Å²) in [4.78, 5) is 214. The summed E-state index contributed by atoms with van der Waals surface area (Å²) in [5.74, 6) is -16.0. The van der Waals surface area contributed by atoms with E-state index in [1.54, 1.807) is 32.0 Å². The van der Waals surface area contributed by atoms with Gasteiger partial charge in [-0.15, -0.1) is 11.8 Å². The number of aliphatic carboxylic acids is 1. The summed E-state index contributed by atoms with van der Waals surface area (Å²) in [5, 5.41) is 47.9. The number of aliphatic imine (C=N–C) groups is 3. The van der Waals surface area contributed by atoms with Gasteiger partial charge in [-0.25, -0.2) is 0 Å². The number of carboxylic acids is 1. The smallest absolute Gasteiger partial charge is 0.305 e. The number of hydrogen-bond donors (Lipinski definition) is 21. The normalized spacial score (nSPS) is 23.0. The van der Waals surface area contributed by atoms with E-state index >= 15 is 9.59 Å². The van der Waals surface area contributed by atoms with Crippen LogP contribution in [-0.2, 0) is 80.0 Å². The van der Waals surface area contributed by atoms with Crippen LogP contribution in [0.3, 0.4) is 0 Å². The third kappa shape index (κ3) is 32.7. The molecule has 3 heterocycles. The summed E-state index contributed by atoms with van der Waals surface area (Å²) in [6, 6.07) is -4.69. The van der Waals surface area contributed by atoms with Gasteiger partial charge < -0.3 is 119 Å². The summed E-state index contributed by atoms with van der Waals surface area (Å²) < 4.78 is 0. The van der Waals surface area contributed by atoms with E-state index in [9.17, 15) is 67.7 Å². The molecule has 1 aromatic heterocycles. The van der Waals surface area contributed by atoms with Crippen molar-refractivity contribution in [2.45, 2.75) is 171 Å². The number of amides is 13. The maximum atomic E-state index is 15.1. The van der Waals surface area contributed by atoms with Gasteiger partial charge in [0.25, 0.3) is 0 Å². The number of nitrogens with two attached hydrogens (primary N) is 8. The van der Waals surface area contributed by atoms with Crippen LogP contribution < -0.4 is 104 Å². The van der Waals surface area contributed by atoms with E-state index in [1.165, 1.54) is 35.4 Å². The Morgan fingerprint density at radius 2 is 1.04 bits per heavy atom. The predicted octanol–water partition coefficient (Wildman–Crippen LogP) is -7.80. The molecule has 0 saturated carbocycles. The summed E-state index contributed by atoms with van der Waals surface area (Å²) in [7, 11) is 0. The monoisotopic (exact) mass is 1510 g/mol. The van der Waals surface area contributed by atoms with Crippen molar-refractivity contribution >= 4 is 112 Å². The van der Waals surface area contributed by atoms with Crippen LogP contribution in [0.1, 0.15) is 109 Å². The number of fused-ring (bicyclic) bond motifs is 1. The van der Waals surface area contributed by atoms with Crippen LogP contribution in [0, 0.1) is 5.92 Å². The number of benzene rings is 1. The van der Waals surface area contributed by atoms with Crippen LogP contribution in [0.5, 0.6) is 5.75 Å². The van der Waals surface area contributed by atoms with Gasteiger partial charge in [0, 0.05) is 56.7 Å². The number of carbonyl (C=O) groups excluding carboxylic acids is 13. The SMILES string of the molecule is CC(C)C[C@@H]1NC(=O)[C@H](Cc2ccc(O)cc2)NC(=O)CSC[C@@H](C(N)=O)NC(=O)CNC(=O)CNC(=O)[C@H](CCCN=C(N)N)NC(=O)[C@H](CC(=O)O)NC(=O)[C@H](CCCCN)NC(=O)[C@@H]2CCCN2C(=O)[C@H](CCCN=C(N)N)NC(=O)[C@H](Cc2ccccn2)NC(=O)[C@H](CCCN=C(N)N)NC1=O. The number of nitrogens with one attached hydrogen (secondary N) is 11. The Balaban J connectivity index is 1.85. The Bertz CT molecular complexity index is 3430. The molecule has 4 rings (SSSR count). The first-order chi connectivity index (χ1) is 50.3. The molecular weight excluding hydrogens is 1400 g/mol. The molecule has 0 bridgehead atoms. The molecule has 106 heavy (non-hydrogen) atoms. The van der Waals surface area contributed by atoms with Crippen LogP contribution in [0.15, 0.2) is 63.6 Å². The van der Waals surface area contributed by atoms with E-state index in [0.717, 1.165) is 11.8 Å². The van der Waals surface area contributed by atoms with Gasteiger partial charge in [0.05, 0.1) is 25.3 Å². The summed E-state index contributed by atoms with van der Waals surface area (Å²) in [6.45, 7) is 1.84. The molecule has 41 heteroatoms. The van der Waals surface area contributed by atoms with E-state index in [0.29, 0.717) is 12.0 Å². The zero-order chi connectivity index (χ0) is 78.4. The summed E-state index contributed by atoms with van der Waals surface area (Å²) in [6.07, 6.45) is 0.0316. The Morgan fingerprint density at radius 1 is 0.547 bits per heavy atom. The molecule has 2 fully saturated rings. The number of thioether (sulfide) groups is 1. The molecule has 2 saturated heterocycles. The van der Waals surface area contributed by atoms with Crippen LogP contribution in [0.4, 0.5) is 0 Å². The van der Waals surface area contributed by atoms with Gasteiger partial charge in [0.1, 0.15) is 66.2 Å². The lowest BCUT2D eigenvalue weighted by molar-refractivity contribution is -0.143. The molecule has 13 amide bonds. The largest absolute Gasteiger partial charge is 0.508 e. The van der Waals surface area contributed by atoms with Gasteiger partial charge in [0.2, 0.25) is 76.8 Å². The minimum absolute atomic E-state index is 0.0117. The van der Waals surface area contributed by atoms with Crippen molar-refractivity contribution in [2.24, 2.45) is 66.8 Å².